The van der Waals surface area contributed by atoms with Crippen molar-refractivity contribution >= 4 is 17.5 Å². The highest BCUT2D eigenvalue weighted by Crippen LogP contribution is 2.32. The van der Waals surface area contributed by atoms with Crippen LogP contribution in [0.2, 0.25) is 0 Å². The topological polar surface area (TPSA) is 55.6 Å². The second kappa shape index (κ2) is 6.22. The van der Waals surface area contributed by atoms with E-state index in [1.807, 2.05) is 30.3 Å². The number of rotatable bonds is 5. The van der Waals surface area contributed by atoms with Crippen LogP contribution in [0.4, 0.5) is 5.95 Å². The van der Waals surface area contributed by atoms with Gasteiger partial charge in [-0.3, -0.25) is 0 Å². The Balaban J connectivity index is 1.68. The highest BCUT2D eigenvalue weighted by Gasteiger charge is 2.26. The van der Waals surface area contributed by atoms with Crippen molar-refractivity contribution in [1.82, 2.24) is 20.2 Å². The van der Waals surface area contributed by atoms with Crippen LogP contribution in [0.5, 0.6) is 0 Å². The predicted octanol–water partition coefficient (Wildman–Crippen LogP) is 2.73. The molecule has 2 atom stereocenters. The van der Waals surface area contributed by atoms with Crippen molar-refractivity contribution in [3.05, 3.63) is 30.3 Å². The van der Waals surface area contributed by atoms with E-state index in [4.69, 9.17) is 11.6 Å². The molecule has 0 amide bonds. The maximum atomic E-state index is 6.02. The average Bonchev–Trinajstić information content (AvgIpc) is 3.14. The van der Waals surface area contributed by atoms with E-state index in [-0.39, 0.29) is 0 Å². The number of hydrogen-bond acceptors (Lipinski definition) is 4. The molecule has 1 saturated carbocycles. The predicted molar refractivity (Wildman–Crippen MR) is 79.2 cm³/mol. The summed E-state index contributed by atoms with van der Waals surface area (Å²) in [5.74, 6) is 2.67. The second-order valence-electron chi connectivity index (χ2n) is 5.24. The first-order chi connectivity index (χ1) is 9.88. The molecule has 1 aromatic carbocycles. The van der Waals surface area contributed by atoms with E-state index < -0.39 is 0 Å². The molecule has 20 heavy (non-hydrogen) atoms. The molecule has 1 fully saturated rings. The molecule has 0 aliphatic heterocycles. The summed E-state index contributed by atoms with van der Waals surface area (Å²) in [6.45, 7) is 0.880. The Morgan fingerprint density at radius 3 is 2.80 bits per heavy atom. The minimum absolute atomic E-state index is 0.616. The molecule has 0 bridgehead atoms. The molecule has 0 spiro atoms. The Hall–Kier alpha value is -1.62. The Bertz CT molecular complexity index is 542. The Morgan fingerprint density at radius 1 is 1.20 bits per heavy atom. The number of benzene rings is 1. The largest absolute Gasteiger partial charge is 0.352 e. The number of hydrogen-bond donors (Lipinski definition) is 1. The van der Waals surface area contributed by atoms with Gasteiger partial charge in [0.1, 0.15) is 0 Å². The fraction of sp³-hybridized carbons (Fsp3) is 0.500. The van der Waals surface area contributed by atoms with Crippen LogP contribution < -0.4 is 5.32 Å². The van der Waals surface area contributed by atoms with E-state index in [2.05, 4.69) is 20.8 Å². The van der Waals surface area contributed by atoms with E-state index in [1.54, 1.807) is 4.68 Å². The number of nitrogens with zero attached hydrogens (tertiary/aromatic N) is 4. The number of tetrazole rings is 1. The molecule has 1 aliphatic carbocycles. The summed E-state index contributed by atoms with van der Waals surface area (Å²) in [5.41, 5.74) is 0.959. The Morgan fingerprint density at radius 2 is 2.00 bits per heavy atom. The summed E-state index contributed by atoms with van der Waals surface area (Å²) < 4.78 is 1.73. The van der Waals surface area contributed by atoms with Crippen molar-refractivity contribution in [1.29, 1.82) is 0 Å². The summed E-state index contributed by atoms with van der Waals surface area (Å²) >= 11 is 6.02. The van der Waals surface area contributed by atoms with Crippen LogP contribution in [0, 0.1) is 11.8 Å². The third-order valence-electron chi connectivity index (χ3n) is 4.01. The van der Waals surface area contributed by atoms with Crippen molar-refractivity contribution in [3.63, 3.8) is 0 Å². The van der Waals surface area contributed by atoms with Crippen LogP contribution in [0.3, 0.4) is 0 Å². The quantitative estimate of drug-likeness (QED) is 0.861. The number of para-hydroxylation sites is 1. The van der Waals surface area contributed by atoms with E-state index in [1.165, 1.54) is 19.3 Å². The van der Waals surface area contributed by atoms with Gasteiger partial charge < -0.3 is 5.32 Å². The molecule has 6 heteroatoms. The van der Waals surface area contributed by atoms with Crippen LogP contribution in [0.25, 0.3) is 5.69 Å². The molecule has 1 heterocycles. The first kappa shape index (κ1) is 13.4. The highest BCUT2D eigenvalue weighted by molar-refractivity contribution is 6.18. The van der Waals surface area contributed by atoms with E-state index in [0.29, 0.717) is 17.8 Å². The molecular formula is C14H18ClN5. The van der Waals surface area contributed by atoms with E-state index in [0.717, 1.165) is 18.1 Å². The first-order valence-electron chi connectivity index (χ1n) is 7.02. The SMILES string of the molecule is ClCC1CCCC1CNc1nnnn1-c1ccccc1. The summed E-state index contributed by atoms with van der Waals surface area (Å²) in [6.07, 6.45) is 3.74. The zero-order valence-corrected chi connectivity index (χ0v) is 12.0. The van der Waals surface area contributed by atoms with Gasteiger partial charge >= 0.3 is 0 Å². The average molecular weight is 292 g/mol. The molecule has 2 aromatic rings. The van der Waals surface area contributed by atoms with Gasteiger partial charge in [0.15, 0.2) is 0 Å². The maximum Gasteiger partial charge on any atom is 0.247 e. The van der Waals surface area contributed by atoms with Crippen LogP contribution in [-0.4, -0.2) is 32.6 Å². The van der Waals surface area contributed by atoms with Gasteiger partial charge in [0, 0.05) is 12.4 Å². The second-order valence-corrected chi connectivity index (χ2v) is 5.54. The molecule has 3 rings (SSSR count). The summed E-state index contributed by atoms with van der Waals surface area (Å²) in [7, 11) is 0. The van der Waals surface area contributed by atoms with E-state index >= 15 is 0 Å². The van der Waals surface area contributed by atoms with Gasteiger partial charge in [-0.05, 0) is 47.2 Å². The first-order valence-corrected chi connectivity index (χ1v) is 7.55. The molecule has 1 aliphatic rings. The van der Waals surface area contributed by atoms with Gasteiger partial charge in [-0.15, -0.1) is 11.6 Å². The lowest BCUT2D eigenvalue weighted by molar-refractivity contribution is 0.443. The normalized spacial score (nSPS) is 22.1. The smallest absolute Gasteiger partial charge is 0.247 e. The van der Waals surface area contributed by atoms with Crippen molar-refractivity contribution in [2.24, 2.45) is 11.8 Å². The minimum atomic E-state index is 0.616. The standard InChI is InChI=1S/C14H18ClN5/c15-9-11-5-4-6-12(11)10-16-14-17-18-19-20(14)13-7-2-1-3-8-13/h1-3,7-8,11-12H,4-6,9-10H2,(H,16,17,19). The Kier molecular flexibility index (Phi) is 4.16. The van der Waals surface area contributed by atoms with Crippen molar-refractivity contribution < 1.29 is 0 Å². The van der Waals surface area contributed by atoms with Crippen molar-refractivity contribution in [3.8, 4) is 5.69 Å². The molecule has 0 radical (unpaired) electrons. The summed E-state index contributed by atoms with van der Waals surface area (Å²) in [4.78, 5) is 0. The van der Waals surface area contributed by atoms with Gasteiger partial charge in [-0.1, -0.05) is 29.7 Å². The summed E-state index contributed by atoms with van der Waals surface area (Å²) in [6, 6.07) is 9.89. The zero-order chi connectivity index (χ0) is 13.8. The minimum Gasteiger partial charge on any atom is -0.352 e. The van der Waals surface area contributed by atoms with Crippen LogP contribution in [-0.2, 0) is 0 Å². The molecule has 2 unspecified atom stereocenters. The van der Waals surface area contributed by atoms with Crippen molar-refractivity contribution in [2.45, 2.75) is 19.3 Å². The molecular weight excluding hydrogens is 274 g/mol. The van der Waals surface area contributed by atoms with Gasteiger partial charge in [-0.25, -0.2) is 0 Å². The number of nitrogens with one attached hydrogen (secondary N) is 1. The number of anilines is 1. The third-order valence-corrected chi connectivity index (χ3v) is 4.40. The van der Waals surface area contributed by atoms with Crippen LogP contribution in [0.15, 0.2) is 30.3 Å². The number of alkyl halides is 1. The summed E-state index contributed by atoms with van der Waals surface area (Å²) in [5, 5.41) is 15.2. The number of halogens is 1. The van der Waals surface area contributed by atoms with Crippen LogP contribution in [0.1, 0.15) is 19.3 Å². The number of aromatic nitrogens is 4. The lowest BCUT2D eigenvalue weighted by Gasteiger charge is -2.17. The Labute approximate surface area is 123 Å². The molecule has 1 aromatic heterocycles. The van der Waals surface area contributed by atoms with Gasteiger partial charge in [0.2, 0.25) is 5.95 Å². The highest BCUT2D eigenvalue weighted by atomic mass is 35.5. The van der Waals surface area contributed by atoms with E-state index in [9.17, 15) is 0 Å². The molecule has 0 saturated heterocycles. The molecule has 5 nitrogen and oxygen atoms in total. The lowest BCUT2D eigenvalue weighted by atomic mass is 9.98. The molecule has 106 valence electrons. The zero-order valence-electron chi connectivity index (χ0n) is 11.2. The monoisotopic (exact) mass is 291 g/mol. The molecule has 1 N–H and O–H groups in total. The van der Waals surface area contributed by atoms with Crippen molar-refractivity contribution in [2.75, 3.05) is 17.7 Å². The van der Waals surface area contributed by atoms with Gasteiger partial charge in [0.05, 0.1) is 5.69 Å². The van der Waals surface area contributed by atoms with Gasteiger partial charge in [0.25, 0.3) is 0 Å². The third kappa shape index (κ3) is 2.77. The lowest BCUT2D eigenvalue weighted by Crippen LogP contribution is -2.21. The maximum absolute atomic E-state index is 6.02. The fourth-order valence-electron chi connectivity index (χ4n) is 2.85. The van der Waals surface area contributed by atoms with Crippen LogP contribution >= 0.6 is 11.6 Å². The fourth-order valence-corrected chi connectivity index (χ4v) is 3.25. The van der Waals surface area contributed by atoms with Gasteiger partial charge in [-0.2, -0.15) is 4.68 Å².